The summed E-state index contributed by atoms with van der Waals surface area (Å²) in [5.74, 6) is 0.956. The molecule has 1 aliphatic rings. The molecule has 0 atom stereocenters. The van der Waals surface area contributed by atoms with E-state index in [1.54, 1.807) is 0 Å². The maximum Gasteiger partial charge on any atom is 0.253 e. The maximum atomic E-state index is 12.7. The summed E-state index contributed by atoms with van der Waals surface area (Å²) < 4.78 is 0. The third kappa shape index (κ3) is 6.12. The molecule has 1 aliphatic heterocycles. The van der Waals surface area contributed by atoms with Crippen molar-refractivity contribution in [1.29, 1.82) is 0 Å². The first kappa shape index (κ1) is 19.9. The first-order chi connectivity index (χ1) is 12.2. The second-order valence-corrected chi connectivity index (χ2v) is 7.19. The standard InChI is InChI=1S/C21H35N3O/c1-4-14-23(5-2)17-19-6-8-20(9-7-19)21(25)24-15-11-18(12-16-24)10-13-22-3/h6-9,18,22H,4-5,10-17H2,1-3H3. The van der Waals surface area contributed by atoms with Gasteiger partial charge in [0.25, 0.3) is 5.91 Å². The molecule has 0 aromatic heterocycles. The van der Waals surface area contributed by atoms with Gasteiger partial charge in [-0.15, -0.1) is 0 Å². The van der Waals surface area contributed by atoms with Crippen molar-refractivity contribution in [3.05, 3.63) is 35.4 Å². The van der Waals surface area contributed by atoms with Crippen LogP contribution in [0.5, 0.6) is 0 Å². The SMILES string of the molecule is CCCN(CC)Cc1ccc(C(=O)N2CCC(CCNC)CC2)cc1. The summed E-state index contributed by atoms with van der Waals surface area (Å²) in [6, 6.07) is 8.24. The van der Waals surface area contributed by atoms with E-state index >= 15 is 0 Å². The third-order valence-electron chi connectivity index (χ3n) is 5.30. The number of benzene rings is 1. The second-order valence-electron chi connectivity index (χ2n) is 7.19. The molecule has 0 spiro atoms. The van der Waals surface area contributed by atoms with Gasteiger partial charge in [-0.25, -0.2) is 0 Å². The molecule has 4 heteroatoms. The van der Waals surface area contributed by atoms with E-state index in [-0.39, 0.29) is 5.91 Å². The molecule has 1 aromatic rings. The van der Waals surface area contributed by atoms with Crippen LogP contribution >= 0.6 is 0 Å². The summed E-state index contributed by atoms with van der Waals surface area (Å²) in [6.45, 7) is 10.4. The van der Waals surface area contributed by atoms with E-state index in [9.17, 15) is 4.79 Å². The average Bonchev–Trinajstić information content (AvgIpc) is 2.66. The quantitative estimate of drug-likeness (QED) is 0.745. The predicted molar refractivity (Wildman–Crippen MR) is 105 cm³/mol. The summed E-state index contributed by atoms with van der Waals surface area (Å²) in [6.07, 6.45) is 4.66. The molecule has 1 amide bonds. The summed E-state index contributed by atoms with van der Waals surface area (Å²) in [5.41, 5.74) is 2.12. The first-order valence-corrected chi connectivity index (χ1v) is 9.93. The van der Waals surface area contributed by atoms with Crippen molar-refractivity contribution >= 4 is 5.91 Å². The second kappa shape index (κ2) is 10.6. The van der Waals surface area contributed by atoms with Gasteiger partial charge in [-0.2, -0.15) is 0 Å². The first-order valence-electron chi connectivity index (χ1n) is 9.93. The number of rotatable bonds is 9. The van der Waals surface area contributed by atoms with Crippen molar-refractivity contribution in [3.63, 3.8) is 0 Å². The minimum atomic E-state index is 0.194. The van der Waals surface area contributed by atoms with Gasteiger partial charge < -0.3 is 10.2 Å². The number of carbonyl (C=O) groups is 1. The summed E-state index contributed by atoms with van der Waals surface area (Å²) in [7, 11) is 2.00. The van der Waals surface area contributed by atoms with Gasteiger partial charge in [-0.3, -0.25) is 9.69 Å². The fourth-order valence-electron chi connectivity index (χ4n) is 3.63. The number of nitrogens with one attached hydrogen (secondary N) is 1. The molecule has 140 valence electrons. The molecule has 0 bridgehead atoms. The van der Waals surface area contributed by atoms with E-state index in [1.807, 2.05) is 24.1 Å². The fraction of sp³-hybridized carbons (Fsp3) is 0.667. The molecular weight excluding hydrogens is 310 g/mol. The number of hydrogen-bond donors (Lipinski definition) is 1. The largest absolute Gasteiger partial charge is 0.339 e. The molecule has 0 unspecified atom stereocenters. The molecule has 2 rings (SSSR count). The minimum Gasteiger partial charge on any atom is -0.339 e. The lowest BCUT2D eigenvalue weighted by molar-refractivity contribution is 0.0687. The van der Waals surface area contributed by atoms with Crippen molar-refractivity contribution in [2.75, 3.05) is 39.8 Å². The molecule has 0 aliphatic carbocycles. The monoisotopic (exact) mass is 345 g/mol. The van der Waals surface area contributed by atoms with Crippen LogP contribution in [0.1, 0.15) is 55.5 Å². The van der Waals surface area contributed by atoms with Crippen LogP contribution in [-0.2, 0) is 6.54 Å². The van der Waals surface area contributed by atoms with Gasteiger partial charge in [-0.1, -0.05) is 26.0 Å². The van der Waals surface area contributed by atoms with Crippen LogP contribution in [0, 0.1) is 5.92 Å². The van der Waals surface area contributed by atoms with Crippen LogP contribution in [0.25, 0.3) is 0 Å². The zero-order valence-electron chi connectivity index (χ0n) is 16.3. The highest BCUT2D eigenvalue weighted by Gasteiger charge is 2.23. The van der Waals surface area contributed by atoms with Crippen LogP contribution in [-0.4, -0.2) is 55.5 Å². The summed E-state index contributed by atoms with van der Waals surface area (Å²) in [5, 5.41) is 3.22. The van der Waals surface area contributed by atoms with Crippen LogP contribution in [0.4, 0.5) is 0 Å². The Morgan fingerprint density at radius 1 is 1.20 bits per heavy atom. The Hall–Kier alpha value is -1.39. The van der Waals surface area contributed by atoms with E-state index in [4.69, 9.17) is 0 Å². The summed E-state index contributed by atoms with van der Waals surface area (Å²) in [4.78, 5) is 17.2. The topological polar surface area (TPSA) is 35.6 Å². The molecule has 0 radical (unpaired) electrons. The molecule has 25 heavy (non-hydrogen) atoms. The van der Waals surface area contributed by atoms with Gasteiger partial charge in [-0.05, 0) is 76.0 Å². The molecule has 1 aromatic carbocycles. The van der Waals surface area contributed by atoms with Crippen molar-refractivity contribution < 1.29 is 4.79 Å². The van der Waals surface area contributed by atoms with E-state index in [1.165, 1.54) is 18.4 Å². The average molecular weight is 346 g/mol. The Morgan fingerprint density at radius 2 is 1.88 bits per heavy atom. The minimum absolute atomic E-state index is 0.194. The Labute approximate surface area is 153 Å². The lowest BCUT2D eigenvalue weighted by Crippen LogP contribution is -2.39. The van der Waals surface area contributed by atoms with E-state index in [0.717, 1.165) is 63.6 Å². The molecule has 1 fully saturated rings. The van der Waals surface area contributed by atoms with Crippen LogP contribution in [0.2, 0.25) is 0 Å². The van der Waals surface area contributed by atoms with E-state index in [0.29, 0.717) is 0 Å². The Kier molecular flexibility index (Phi) is 8.42. The van der Waals surface area contributed by atoms with E-state index < -0.39 is 0 Å². The Balaban J connectivity index is 1.86. The highest BCUT2D eigenvalue weighted by atomic mass is 16.2. The number of hydrogen-bond acceptors (Lipinski definition) is 3. The Morgan fingerprint density at radius 3 is 2.44 bits per heavy atom. The number of likely N-dealkylation sites (tertiary alicyclic amines) is 1. The van der Waals surface area contributed by atoms with Gasteiger partial charge in [0.2, 0.25) is 0 Å². The normalized spacial score (nSPS) is 15.8. The van der Waals surface area contributed by atoms with Crippen molar-refractivity contribution in [3.8, 4) is 0 Å². The fourth-order valence-corrected chi connectivity index (χ4v) is 3.63. The molecule has 1 N–H and O–H groups in total. The van der Waals surface area contributed by atoms with Crippen molar-refractivity contribution in [2.45, 2.75) is 46.1 Å². The lowest BCUT2D eigenvalue weighted by Gasteiger charge is -2.32. The van der Waals surface area contributed by atoms with Gasteiger partial charge in [0.15, 0.2) is 0 Å². The van der Waals surface area contributed by atoms with E-state index in [2.05, 4.69) is 36.2 Å². The number of amides is 1. The number of carbonyl (C=O) groups excluding carboxylic acids is 1. The third-order valence-corrected chi connectivity index (χ3v) is 5.30. The van der Waals surface area contributed by atoms with Gasteiger partial charge in [0.1, 0.15) is 0 Å². The predicted octanol–water partition coefficient (Wildman–Crippen LogP) is 3.38. The highest BCUT2D eigenvalue weighted by molar-refractivity contribution is 5.94. The molecule has 0 saturated carbocycles. The van der Waals surface area contributed by atoms with Crippen LogP contribution in [0.3, 0.4) is 0 Å². The smallest absolute Gasteiger partial charge is 0.253 e. The highest BCUT2D eigenvalue weighted by Crippen LogP contribution is 2.21. The van der Waals surface area contributed by atoms with Gasteiger partial charge in [0, 0.05) is 25.2 Å². The zero-order valence-corrected chi connectivity index (χ0v) is 16.3. The summed E-state index contributed by atoms with van der Waals surface area (Å²) >= 11 is 0. The molecular formula is C21H35N3O. The van der Waals surface area contributed by atoms with Gasteiger partial charge in [0.05, 0.1) is 0 Å². The maximum absolute atomic E-state index is 12.7. The number of piperidine rings is 1. The van der Waals surface area contributed by atoms with Crippen molar-refractivity contribution in [2.24, 2.45) is 5.92 Å². The zero-order chi connectivity index (χ0) is 18.1. The lowest BCUT2D eigenvalue weighted by atomic mass is 9.93. The van der Waals surface area contributed by atoms with Crippen molar-refractivity contribution in [1.82, 2.24) is 15.1 Å². The van der Waals surface area contributed by atoms with Gasteiger partial charge >= 0.3 is 0 Å². The molecule has 1 heterocycles. The van der Waals surface area contributed by atoms with Crippen LogP contribution in [0.15, 0.2) is 24.3 Å². The number of nitrogens with zero attached hydrogens (tertiary/aromatic N) is 2. The Bertz CT molecular complexity index is 506. The molecule has 1 saturated heterocycles. The van der Waals surface area contributed by atoms with Crippen LogP contribution < -0.4 is 5.32 Å². The molecule has 4 nitrogen and oxygen atoms in total.